The average molecular weight is 274 g/mol. The van der Waals surface area contributed by atoms with Gasteiger partial charge in [0.05, 0.1) is 5.39 Å². The normalized spacial score (nSPS) is 14.4. The van der Waals surface area contributed by atoms with Crippen molar-refractivity contribution in [2.75, 3.05) is 6.61 Å². The number of hydrogen-bond donors (Lipinski definition) is 0. The van der Waals surface area contributed by atoms with E-state index in [2.05, 4.69) is 11.6 Å². The van der Waals surface area contributed by atoms with Gasteiger partial charge < -0.3 is 9.30 Å². The highest BCUT2D eigenvalue weighted by Gasteiger charge is 2.29. The highest BCUT2D eigenvalue weighted by atomic mass is 19.1. The molecule has 5 heteroatoms. The fourth-order valence-corrected chi connectivity index (χ4v) is 2.27. The first-order valence-electron chi connectivity index (χ1n) is 6.63. The smallest absolute Gasteiger partial charge is 0.358 e. The van der Waals surface area contributed by atoms with Crippen LogP contribution < -0.4 is 0 Å². The van der Waals surface area contributed by atoms with Crippen LogP contribution in [-0.4, -0.2) is 22.1 Å². The number of pyridine rings is 1. The molecule has 20 heavy (non-hydrogen) atoms. The summed E-state index contributed by atoms with van der Waals surface area (Å²) in [5, 5.41) is 0.360. The summed E-state index contributed by atoms with van der Waals surface area (Å²) in [5.41, 5.74) is 0.468. The largest absolute Gasteiger partial charge is 0.457 e. The van der Waals surface area contributed by atoms with Crippen LogP contribution in [0.3, 0.4) is 0 Å². The SMILES string of the molecule is C=CCOC(=O)c1c(F)c2cccnc2n1CC1CC1. The standard InChI is InChI=1S/C15H15FN2O2/c1-2-8-20-15(19)13-12(16)11-4-3-7-17-14(11)18(13)9-10-5-6-10/h2-4,7,10H,1,5-6,8-9H2. The molecule has 0 spiro atoms. The molecule has 2 heterocycles. The zero-order chi connectivity index (χ0) is 14.1. The second kappa shape index (κ2) is 5.07. The monoisotopic (exact) mass is 274 g/mol. The maximum Gasteiger partial charge on any atom is 0.358 e. The molecule has 0 atom stereocenters. The van der Waals surface area contributed by atoms with Gasteiger partial charge in [-0.05, 0) is 30.9 Å². The maximum atomic E-state index is 14.5. The molecule has 0 unspecified atom stereocenters. The van der Waals surface area contributed by atoms with Crippen molar-refractivity contribution < 1.29 is 13.9 Å². The van der Waals surface area contributed by atoms with E-state index in [0.717, 1.165) is 12.8 Å². The second-order valence-corrected chi connectivity index (χ2v) is 4.98. The Balaban J connectivity index is 2.09. The molecule has 0 aliphatic heterocycles. The zero-order valence-corrected chi connectivity index (χ0v) is 11.0. The number of ether oxygens (including phenoxy) is 1. The number of esters is 1. The van der Waals surface area contributed by atoms with E-state index in [-0.39, 0.29) is 12.3 Å². The molecule has 0 radical (unpaired) electrons. The number of aromatic nitrogens is 2. The third kappa shape index (κ3) is 2.19. The molecular formula is C15H15FN2O2. The fourth-order valence-electron chi connectivity index (χ4n) is 2.27. The summed E-state index contributed by atoms with van der Waals surface area (Å²) in [7, 11) is 0. The van der Waals surface area contributed by atoms with Crippen LogP contribution in [0, 0.1) is 11.7 Å². The van der Waals surface area contributed by atoms with Gasteiger partial charge in [-0.3, -0.25) is 0 Å². The molecule has 3 rings (SSSR count). The molecule has 1 saturated carbocycles. The highest BCUT2D eigenvalue weighted by Crippen LogP contribution is 2.34. The van der Waals surface area contributed by atoms with Gasteiger partial charge in [-0.2, -0.15) is 0 Å². The van der Waals surface area contributed by atoms with Gasteiger partial charge in [0.25, 0.3) is 0 Å². The molecule has 4 nitrogen and oxygen atoms in total. The summed E-state index contributed by atoms with van der Waals surface area (Å²) in [6.45, 7) is 4.16. The van der Waals surface area contributed by atoms with Gasteiger partial charge in [0.1, 0.15) is 12.3 Å². The molecule has 104 valence electrons. The van der Waals surface area contributed by atoms with Crippen LogP contribution in [-0.2, 0) is 11.3 Å². The molecule has 1 fully saturated rings. The van der Waals surface area contributed by atoms with E-state index in [1.54, 1.807) is 22.9 Å². The highest BCUT2D eigenvalue weighted by molar-refractivity contribution is 5.95. The Bertz CT molecular complexity index is 674. The molecule has 0 N–H and O–H groups in total. The van der Waals surface area contributed by atoms with Crippen LogP contribution in [0.2, 0.25) is 0 Å². The lowest BCUT2D eigenvalue weighted by Crippen LogP contribution is -2.15. The Morgan fingerprint density at radius 3 is 3.10 bits per heavy atom. The Hall–Kier alpha value is -2.17. The van der Waals surface area contributed by atoms with Crippen LogP contribution >= 0.6 is 0 Å². The van der Waals surface area contributed by atoms with E-state index < -0.39 is 11.8 Å². The van der Waals surface area contributed by atoms with Crippen molar-refractivity contribution >= 4 is 17.0 Å². The second-order valence-electron chi connectivity index (χ2n) is 4.98. The van der Waals surface area contributed by atoms with Gasteiger partial charge in [-0.15, -0.1) is 0 Å². The van der Waals surface area contributed by atoms with Gasteiger partial charge >= 0.3 is 5.97 Å². The number of carbonyl (C=O) groups excluding carboxylic acids is 1. The van der Waals surface area contributed by atoms with E-state index in [4.69, 9.17) is 4.74 Å². The fraction of sp³-hybridized carbons (Fsp3) is 0.333. The van der Waals surface area contributed by atoms with E-state index in [1.807, 2.05) is 0 Å². The summed E-state index contributed by atoms with van der Waals surface area (Å²) in [5.74, 6) is -0.721. The minimum absolute atomic E-state index is 0.0348. The average Bonchev–Trinajstić information content (AvgIpc) is 3.23. The number of fused-ring (bicyclic) bond motifs is 1. The predicted octanol–water partition coefficient (Wildman–Crippen LogP) is 2.93. The Labute approximate surface area is 115 Å². The van der Waals surface area contributed by atoms with Crippen molar-refractivity contribution in [3.05, 3.63) is 42.5 Å². The van der Waals surface area contributed by atoms with Crippen LogP contribution in [0.25, 0.3) is 11.0 Å². The topological polar surface area (TPSA) is 44.1 Å². The lowest BCUT2D eigenvalue weighted by atomic mass is 10.3. The van der Waals surface area contributed by atoms with Crippen LogP contribution in [0.1, 0.15) is 23.3 Å². The summed E-state index contributed by atoms with van der Waals surface area (Å²) in [6, 6.07) is 3.29. The van der Waals surface area contributed by atoms with Crippen molar-refractivity contribution in [1.82, 2.24) is 9.55 Å². The van der Waals surface area contributed by atoms with Crippen molar-refractivity contribution in [2.45, 2.75) is 19.4 Å². The summed E-state index contributed by atoms with van der Waals surface area (Å²) >= 11 is 0. The molecule has 1 aliphatic carbocycles. The zero-order valence-electron chi connectivity index (χ0n) is 11.0. The Morgan fingerprint density at radius 2 is 2.40 bits per heavy atom. The molecule has 0 amide bonds. The van der Waals surface area contributed by atoms with Gasteiger partial charge in [0.2, 0.25) is 0 Å². The van der Waals surface area contributed by atoms with E-state index in [0.29, 0.717) is 23.5 Å². The molecule has 2 aromatic rings. The van der Waals surface area contributed by atoms with Crippen molar-refractivity contribution in [3.8, 4) is 0 Å². The molecule has 1 aliphatic rings. The minimum Gasteiger partial charge on any atom is -0.457 e. The molecule has 2 aromatic heterocycles. The van der Waals surface area contributed by atoms with Crippen LogP contribution in [0.15, 0.2) is 31.0 Å². The molecule has 0 saturated heterocycles. The number of nitrogens with zero attached hydrogens (tertiary/aromatic N) is 2. The molecule has 0 aromatic carbocycles. The minimum atomic E-state index is -0.666. The van der Waals surface area contributed by atoms with Gasteiger partial charge in [-0.1, -0.05) is 12.7 Å². The number of halogens is 1. The van der Waals surface area contributed by atoms with Crippen molar-refractivity contribution in [3.63, 3.8) is 0 Å². The maximum absolute atomic E-state index is 14.5. The quantitative estimate of drug-likeness (QED) is 0.622. The van der Waals surface area contributed by atoms with Crippen molar-refractivity contribution in [1.29, 1.82) is 0 Å². The van der Waals surface area contributed by atoms with Crippen LogP contribution in [0.5, 0.6) is 0 Å². The first-order chi connectivity index (χ1) is 9.72. The third-order valence-corrected chi connectivity index (χ3v) is 3.42. The summed E-state index contributed by atoms with van der Waals surface area (Å²) in [4.78, 5) is 16.3. The number of rotatable bonds is 5. The van der Waals surface area contributed by atoms with E-state index in [1.165, 1.54) is 6.08 Å². The van der Waals surface area contributed by atoms with E-state index in [9.17, 15) is 9.18 Å². The Morgan fingerprint density at radius 1 is 1.60 bits per heavy atom. The lowest BCUT2D eigenvalue weighted by Gasteiger charge is -2.08. The van der Waals surface area contributed by atoms with Gasteiger partial charge in [0.15, 0.2) is 11.5 Å². The third-order valence-electron chi connectivity index (χ3n) is 3.42. The summed E-state index contributed by atoms with van der Waals surface area (Å²) in [6.07, 6.45) is 5.27. The molecular weight excluding hydrogens is 259 g/mol. The summed E-state index contributed by atoms with van der Waals surface area (Å²) < 4.78 is 21.1. The van der Waals surface area contributed by atoms with Crippen molar-refractivity contribution in [2.24, 2.45) is 5.92 Å². The number of hydrogen-bond acceptors (Lipinski definition) is 3. The molecule has 0 bridgehead atoms. The first-order valence-corrected chi connectivity index (χ1v) is 6.63. The number of carbonyl (C=O) groups is 1. The predicted molar refractivity (Wildman–Crippen MR) is 72.9 cm³/mol. The van der Waals surface area contributed by atoms with E-state index >= 15 is 0 Å². The van der Waals surface area contributed by atoms with Crippen LogP contribution in [0.4, 0.5) is 4.39 Å². The van der Waals surface area contributed by atoms with Gasteiger partial charge in [0, 0.05) is 12.7 Å². The lowest BCUT2D eigenvalue weighted by molar-refractivity contribution is 0.0531. The first kappa shape index (κ1) is 12.8. The Kier molecular flexibility index (Phi) is 3.26. The van der Waals surface area contributed by atoms with Gasteiger partial charge in [-0.25, -0.2) is 14.2 Å².